The van der Waals surface area contributed by atoms with E-state index in [1.54, 1.807) is 0 Å². The van der Waals surface area contributed by atoms with Crippen molar-refractivity contribution in [3.05, 3.63) is 0 Å². The van der Waals surface area contributed by atoms with Crippen LogP contribution in [-0.2, 0) is 1.41 Å². The summed E-state index contributed by atoms with van der Waals surface area (Å²) in [5, 5.41) is 0. The van der Waals surface area contributed by atoms with Crippen molar-refractivity contribution >= 4 is 63.5 Å². The molecule has 126 valence electrons. The van der Waals surface area contributed by atoms with E-state index in [0.29, 0.717) is 0 Å². The van der Waals surface area contributed by atoms with Crippen LogP contribution in [0.2, 0.25) is 17.7 Å². The second-order valence-corrected chi connectivity index (χ2v) is 25.9. The van der Waals surface area contributed by atoms with Gasteiger partial charge >= 0.3 is 160 Å². The Morgan fingerprint density at radius 1 is 0.905 bits per heavy atom. The van der Waals surface area contributed by atoms with Crippen LogP contribution < -0.4 is 0 Å². The molecule has 21 heavy (non-hydrogen) atoms. The second kappa shape index (κ2) is 13.4. The molecule has 0 aromatic heterocycles. The van der Waals surface area contributed by atoms with Gasteiger partial charge in [0.15, 0.2) is 0 Å². The van der Waals surface area contributed by atoms with Crippen LogP contribution in [0.5, 0.6) is 0 Å². The fraction of sp³-hybridized carbons (Fsp3) is 1.00. The van der Waals surface area contributed by atoms with Crippen LogP contribution in [-0.4, -0.2) is 44.7 Å². The Bertz CT molecular complexity index is 237. The molecule has 0 amide bonds. The summed E-state index contributed by atoms with van der Waals surface area (Å²) in [5.41, 5.74) is 0. The van der Waals surface area contributed by atoms with Gasteiger partial charge in [-0.05, 0) is 0 Å². The number of halogens is 2. The minimum absolute atomic E-state index is 0.571. The topological polar surface area (TPSA) is 9.23 Å². The SMILES string of the molecule is CCC[CH2][Sn][O][Sn]([CH2]CCC)([CH2]CCC)[CH2]CC(C)(Cl)Cl. The average Bonchev–Trinajstić information content (AvgIpc) is 2.44. The Kier molecular flexibility index (Phi) is 14.8. The van der Waals surface area contributed by atoms with Gasteiger partial charge in [0.2, 0.25) is 0 Å². The molecule has 0 N–H and O–H groups in total. The number of unbranched alkanes of at least 4 members (excludes halogenated alkanes) is 3. The summed E-state index contributed by atoms with van der Waals surface area (Å²) in [6.07, 6.45) is 8.84. The molecule has 0 aliphatic heterocycles. The molecule has 0 saturated carbocycles. The summed E-state index contributed by atoms with van der Waals surface area (Å²) < 4.78 is 11.6. The molecule has 0 aliphatic carbocycles. The van der Waals surface area contributed by atoms with Gasteiger partial charge in [-0.3, -0.25) is 0 Å². The fourth-order valence-electron chi connectivity index (χ4n) is 2.43. The Morgan fingerprint density at radius 3 is 1.86 bits per heavy atom. The number of rotatable bonds is 14. The van der Waals surface area contributed by atoms with Crippen molar-refractivity contribution < 1.29 is 1.41 Å². The molecule has 0 aliphatic rings. The van der Waals surface area contributed by atoms with Gasteiger partial charge in [-0.2, -0.15) is 0 Å². The third-order valence-electron chi connectivity index (χ3n) is 3.91. The van der Waals surface area contributed by atoms with Crippen molar-refractivity contribution in [1.82, 2.24) is 0 Å². The maximum absolute atomic E-state index is 6.79. The number of alkyl halides is 2. The Balaban J connectivity index is 4.66. The first kappa shape index (κ1) is 23.1. The molecule has 5 heteroatoms. The van der Waals surface area contributed by atoms with Gasteiger partial charge in [0.1, 0.15) is 0 Å². The Hall–Kier alpha value is 2.14. The van der Waals surface area contributed by atoms with Crippen molar-refractivity contribution in [1.29, 1.82) is 0 Å². The van der Waals surface area contributed by atoms with Crippen LogP contribution in [0, 0.1) is 0 Å². The maximum atomic E-state index is 6.79. The number of hydrogen-bond acceptors (Lipinski definition) is 1. The summed E-state index contributed by atoms with van der Waals surface area (Å²) in [5.74, 6) is 0. The van der Waals surface area contributed by atoms with E-state index in [2.05, 4.69) is 20.8 Å². The van der Waals surface area contributed by atoms with Crippen molar-refractivity contribution in [3.8, 4) is 0 Å². The summed E-state index contributed by atoms with van der Waals surface area (Å²) in [7, 11) is 0. The van der Waals surface area contributed by atoms with Gasteiger partial charge in [0.05, 0.1) is 0 Å². The van der Waals surface area contributed by atoms with Crippen LogP contribution in [0.15, 0.2) is 0 Å². The number of hydrogen-bond donors (Lipinski definition) is 0. The molecule has 0 atom stereocenters. The molecule has 0 rings (SSSR count). The van der Waals surface area contributed by atoms with Crippen LogP contribution in [0.1, 0.15) is 72.6 Å². The van der Waals surface area contributed by atoms with E-state index >= 15 is 0 Å². The third kappa shape index (κ3) is 13.1. The zero-order valence-corrected chi connectivity index (χ0v) is 21.7. The van der Waals surface area contributed by atoms with Gasteiger partial charge < -0.3 is 0 Å². The average molecular weight is 551 g/mol. The first-order valence-corrected chi connectivity index (χ1v) is 19.8. The molecule has 0 saturated heterocycles. The van der Waals surface area contributed by atoms with E-state index in [-0.39, 0.29) is 0 Å². The van der Waals surface area contributed by atoms with Gasteiger partial charge in [0, 0.05) is 0 Å². The van der Waals surface area contributed by atoms with Gasteiger partial charge in [0.25, 0.3) is 0 Å². The molecule has 0 aromatic rings. The normalized spacial score (nSPS) is 12.9. The molecule has 1 nitrogen and oxygen atoms in total. The summed E-state index contributed by atoms with van der Waals surface area (Å²) in [4.78, 5) is 0. The molecule has 0 aromatic carbocycles. The molecule has 0 bridgehead atoms. The van der Waals surface area contributed by atoms with Crippen LogP contribution >= 0.6 is 23.2 Å². The summed E-state index contributed by atoms with van der Waals surface area (Å²) in [6.45, 7) is 8.79. The first-order chi connectivity index (χ1) is 9.89. The second-order valence-electron chi connectivity index (χ2n) is 6.31. The molecule has 0 fully saturated rings. The molecule has 0 heterocycles. The van der Waals surface area contributed by atoms with Crippen molar-refractivity contribution in [2.75, 3.05) is 0 Å². The predicted octanol–water partition coefficient (Wildman–Crippen LogP) is 6.97. The molecular weight excluding hydrogens is 517 g/mol. The van der Waals surface area contributed by atoms with E-state index in [4.69, 9.17) is 24.6 Å². The van der Waals surface area contributed by atoms with E-state index in [0.717, 1.165) is 6.42 Å². The van der Waals surface area contributed by atoms with Gasteiger partial charge in [-0.25, -0.2) is 0 Å². The predicted molar refractivity (Wildman–Crippen MR) is 101 cm³/mol. The van der Waals surface area contributed by atoms with Crippen molar-refractivity contribution in [2.45, 2.75) is 94.7 Å². The van der Waals surface area contributed by atoms with Crippen LogP contribution in [0.4, 0.5) is 0 Å². The summed E-state index contributed by atoms with van der Waals surface area (Å²) in [6, 6.07) is 0. The molecule has 2 radical (unpaired) electrons. The monoisotopic (exact) mass is 552 g/mol. The first-order valence-electron chi connectivity index (χ1n) is 8.68. The van der Waals surface area contributed by atoms with E-state index < -0.39 is 44.7 Å². The van der Waals surface area contributed by atoms with Crippen molar-refractivity contribution in [3.63, 3.8) is 0 Å². The van der Waals surface area contributed by atoms with E-state index in [1.807, 2.05) is 6.92 Å². The van der Waals surface area contributed by atoms with E-state index in [9.17, 15) is 0 Å². The Morgan fingerprint density at radius 2 is 1.43 bits per heavy atom. The van der Waals surface area contributed by atoms with Crippen LogP contribution in [0.25, 0.3) is 0 Å². The van der Waals surface area contributed by atoms with Gasteiger partial charge in [-0.1, -0.05) is 0 Å². The standard InChI is InChI=1S/C4H7Cl2.3C4H9.O.2Sn/c1-3-4(2,5)6;3*1-3-4-2;;;/h1,3H2,2H3;3*1,3-4H2,2H3;;;. The minimum atomic E-state index is -2.44. The quantitative estimate of drug-likeness (QED) is 0.129. The zero-order valence-electron chi connectivity index (χ0n) is 14.4. The Labute approximate surface area is 158 Å². The zero-order chi connectivity index (χ0) is 16.2. The molecule has 0 unspecified atom stereocenters. The van der Waals surface area contributed by atoms with Crippen LogP contribution in [0.3, 0.4) is 0 Å². The van der Waals surface area contributed by atoms with E-state index in [1.165, 1.54) is 56.3 Å². The molecule has 0 spiro atoms. The van der Waals surface area contributed by atoms with Gasteiger partial charge in [-0.15, -0.1) is 0 Å². The summed E-state index contributed by atoms with van der Waals surface area (Å²) >= 11 is 9.45. The third-order valence-corrected chi connectivity index (χ3v) is 29.1. The molecular formula is C16H34Cl2OSn2. The van der Waals surface area contributed by atoms with Crippen molar-refractivity contribution in [2.24, 2.45) is 0 Å². The fourth-order valence-corrected chi connectivity index (χ4v) is 31.2.